The molecular weight excluding hydrogens is 344 g/mol. The van der Waals surface area contributed by atoms with Crippen molar-refractivity contribution in [1.29, 1.82) is 0 Å². The van der Waals surface area contributed by atoms with Gasteiger partial charge in [-0.2, -0.15) is 0 Å². The van der Waals surface area contributed by atoms with E-state index in [1.54, 1.807) is 21.1 Å². The Morgan fingerprint density at radius 2 is 1.30 bits per heavy atom. The molecule has 0 unspecified atom stereocenters. The van der Waals surface area contributed by atoms with Crippen LogP contribution in [0.3, 0.4) is 0 Å². The third kappa shape index (κ3) is 4.64. The van der Waals surface area contributed by atoms with Crippen molar-refractivity contribution in [3.05, 3.63) is 48.5 Å². The Labute approximate surface area is 160 Å². The first kappa shape index (κ1) is 18.9. The third-order valence-corrected chi connectivity index (χ3v) is 4.75. The van der Waals surface area contributed by atoms with Gasteiger partial charge >= 0.3 is 0 Å². The van der Waals surface area contributed by atoms with E-state index in [2.05, 4.69) is 4.90 Å². The van der Waals surface area contributed by atoms with Crippen molar-refractivity contribution < 1.29 is 19.0 Å². The van der Waals surface area contributed by atoms with Crippen LogP contribution in [-0.2, 0) is 4.79 Å². The number of carbonyl (C=O) groups excluding carboxylic acids is 1. The molecule has 6 heteroatoms. The van der Waals surface area contributed by atoms with E-state index < -0.39 is 6.10 Å². The van der Waals surface area contributed by atoms with Crippen molar-refractivity contribution in [2.24, 2.45) is 0 Å². The van der Waals surface area contributed by atoms with Gasteiger partial charge in [0.05, 0.1) is 14.2 Å². The number of hydrogen-bond acceptors (Lipinski definition) is 5. The van der Waals surface area contributed by atoms with Crippen LogP contribution in [0.5, 0.6) is 17.2 Å². The highest BCUT2D eigenvalue weighted by Crippen LogP contribution is 2.22. The van der Waals surface area contributed by atoms with Gasteiger partial charge < -0.3 is 24.0 Å². The first-order chi connectivity index (χ1) is 13.1. The Morgan fingerprint density at radius 3 is 1.81 bits per heavy atom. The number of piperazine rings is 1. The second-order valence-electron chi connectivity index (χ2n) is 6.45. The van der Waals surface area contributed by atoms with Crippen molar-refractivity contribution >= 4 is 11.6 Å². The number of nitrogens with zero attached hydrogens (tertiary/aromatic N) is 2. The van der Waals surface area contributed by atoms with E-state index in [9.17, 15) is 4.79 Å². The highest BCUT2D eigenvalue weighted by molar-refractivity contribution is 5.81. The lowest BCUT2D eigenvalue weighted by Crippen LogP contribution is -2.52. The van der Waals surface area contributed by atoms with E-state index in [4.69, 9.17) is 14.2 Å². The summed E-state index contributed by atoms with van der Waals surface area (Å²) in [6.07, 6.45) is -0.522. The van der Waals surface area contributed by atoms with Gasteiger partial charge in [0.25, 0.3) is 5.91 Å². The largest absolute Gasteiger partial charge is 0.497 e. The number of benzene rings is 2. The van der Waals surface area contributed by atoms with Gasteiger partial charge in [0, 0.05) is 31.9 Å². The van der Waals surface area contributed by atoms with Crippen molar-refractivity contribution in [1.82, 2.24) is 4.90 Å². The molecule has 0 aromatic heterocycles. The SMILES string of the molecule is COc1ccc(O[C@H](C)C(=O)N2CCN(c3ccc(OC)cc3)CC2)cc1. The van der Waals surface area contributed by atoms with Crippen LogP contribution in [0.15, 0.2) is 48.5 Å². The van der Waals surface area contributed by atoms with E-state index in [1.165, 1.54) is 0 Å². The summed E-state index contributed by atoms with van der Waals surface area (Å²) < 4.78 is 16.1. The minimum atomic E-state index is -0.522. The Morgan fingerprint density at radius 1 is 0.815 bits per heavy atom. The topological polar surface area (TPSA) is 51.2 Å². The molecule has 2 aromatic carbocycles. The highest BCUT2D eigenvalue weighted by atomic mass is 16.5. The average Bonchev–Trinajstić information content (AvgIpc) is 2.74. The molecule has 1 aliphatic heterocycles. The summed E-state index contributed by atoms with van der Waals surface area (Å²) in [5, 5.41) is 0. The predicted molar refractivity (Wildman–Crippen MR) is 105 cm³/mol. The molecule has 1 amide bonds. The van der Waals surface area contributed by atoms with Crippen molar-refractivity contribution in [2.75, 3.05) is 45.3 Å². The zero-order valence-electron chi connectivity index (χ0n) is 16.1. The standard InChI is InChI=1S/C21H26N2O4/c1-16(27-20-10-8-19(26-3)9-11-20)21(24)23-14-12-22(13-15-23)17-4-6-18(25-2)7-5-17/h4-11,16H,12-15H2,1-3H3/t16-/m1/s1. The number of anilines is 1. The van der Waals surface area contributed by atoms with Crippen LogP contribution < -0.4 is 19.1 Å². The van der Waals surface area contributed by atoms with Crippen LogP contribution in [0.2, 0.25) is 0 Å². The number of ether oxygens (including phenoxy) is 3. The fraction of sp³-hybridized carbons (Fsp3) is 0.381. The maximum absolute atomic E-state index is 12.7. The molecule has 1 fully saturated rings. The number of rotatable bonds is 6. The monoisotopic (exact) mass is 370 g/mol. The van der Waals surface area contributed by atoms with Crippen LogP contribution >= 0.6 is 0 Å². The van der Waals surface area contributed by atoms with Crippen LogP contribution in [0.4, 0.5) is 5.69 Å². The van der Waals surface area contributed by atoms with Gasteiger partial charge in [0.2, 0.25) is 0 Å². The highest BCUT2D eigenvalue weighted by Gasteiger charge is 2.26. The molecule has 2 aromatic rings. The van der Waals surface area contributed by atoms with Gasteiger partial charge in [0.15, 0.2) is 6.10 Å². The molecule has 1 saturated heterocycles. The summed E-state index contributed by atoms with van der Waals surface area (Å²) >= 11 is 0. The smallest absolute Gasteiger partial charge is 0.263 e. The summed E-state index contributed by atoms with van der Waals surface area (Å²) in [6, 6.07) is 15.3. The van der Waals surface area contributed by atoms with Gasteiger partial charge in [-0.15, -0.1) is 0 Å². The average molecular weight is 370 g/mol. The molecule has 0 radical (unpaired) electrons. The number of amides is 1. The zero-order chi connectivity index (χ0) is 19.2. The molecule has 27 heavy (non-hydrogen) atoms. The van der Waals surface area contributed by atoms with Gasteiger partial charge in [-0.25, -0.2) is 0 Å². The van der Waals surface area contributed by atoms with Crippen molar-refractivity contribution in [2.45, 2.75) is 13.0 Å². The minimum Gasteiger partial charge on any atom is -0.497 e. The quantitative estimate of drug-likeness (QED) is 0.783. The molecule has 0 saturated carbocycles. The van der Waals surface area contributed by atoms with Gasteiger partial charge in [-0.05, 0) is 55.5 Å². The fourth-order valence-corrected chi connectivity index (χ4v) is 3.14. The van der Waals surface area contributed by atoms with Crippen LogP contribution in [0.25, 0.3) is 0 Å². The molecule has 3 rings (SSSR count). The van der Waals surface area contributed by atoms with Crippen molar-refractivity contribution in [3.8, 4) is 17.2 Å². The van der Waals surface area contributed by atoms with Crippen LogP contribution in [-0.4, -0.2) is 57.3 Å². The molecule has 0 aliphatic carbocycles. The summed E-state index contributed by atoms with van der Waals surface area (Å²) in [4.78, 5) is 16.8. The van der Waals surface area contributed by atoms with E-state index in [1.807, 2.05) is 53.4 Å². The lowest BCUT2D eigenvalue weighted by molar-refractivity contribution is -0.138. The molecule has 1 heterocycles. The lowest BCUT2D eigenvalue weighted by atomic mass is 10.2. The van der Waals surface area contributed by atoms with Crippen LogP contribution in [0, 0.1) is 0 Å². The molecule has 6 nitrogen and oxygen atoms in total. The second kappa shape index (κ2) is 8.66. The normalized spacial score (nSPS) is 15.2. The van der Waals surface area contributed by atoms with Gasteiger partial charge in [-0.3, -0.25) is 4.79 Å². The maximum atomic E-state index is 12.7. The molecule has 0 spiro atoms. The Hall–Kier alpha value is -2.89. The summed E-state index contributed by atoms with van der Waals surface area (Å²) in [5.41, 5.74) is 1.14. The van der Waals surface area contributed by atoms with Gasteiger partial charge in [0.1, 0.15) is 17.2 Å². The van der Waals surface area contributed by atoms with E-state index in [-0.39, 0.29) is 5.91 Å². The maximum Gasteiger partial charge on any atom is 0.263 e. The van der Waals surface area contributed by atoms with E-state index >= 15 is 0 Å². The Kier molecular flexibility index (Phi) is 6.06. The van der Waals surface area contributed by atoms with E-state index in [0.717, 1.165) is 30.3 Å². The number of hydrogen-bond donors (Lipinski definition) is 0. The van der Waals surface area contributed by atoms with Crippen LogP contribution in [0.1, 0.15) is 6.92 Å². The Bertz CT molecular complexity index is 738. The fourth-order valence-electron chi connectivity index (χ4n) is 3.14. The molecule has 1 atom stereocenters. The molecule has 0 bridgehead atoms. The first-order valence-corrected chi connectivity index (χ1v) is 9.09. The summed E-state index contributed by atoms with van der Waals surface area (Å²) in [5.74, 6) is 2.28. The lowest BCUT2D eigenvalue weighted by Gasteiger charge is -2.37. The minimum absolute atomic E-state index is 0.0141. The third-order valence-electron chi connectivity index (χ3n) is 4.75. The molecule has 1 aliphatic rings. The molecular formula is C21H26N2O4. The van der Waals surface area contributed by atoms with E-state index in [0.29, 0.717) is 18.8 Å². The Balaban J connectivity index is 1.52. The molecule has 0 N–H and O–H groups in total. The summed E-state index contributed by atoms with van der Waals surface area (Å²) in [6.45, 7) is 4.76. The second-order valence-corrected chi connectivity index (χ2v) is 6.45. The predicted octanol–water partition coefficient (Wildman–Crippen LogP) is 2.82. The number of carbonyl (C=O) groups is 1. The zero-order valence-corrected chi connectivity index (χ0v) is 16.1. The molecule has 144 valence electrons. The van der Waals surface area contributed by atoms with Gasteiger partial charge in [-0.1, -0.05) is 0 Å². The number of methoxy groups -OCH3 is 2. The first-order valence-electron chi connectivity index (χ1n) is 9.09. The summed E-state index contributed by atoms with van der Waals surface area (Å²) in [7, 11) is 3.28. The van der Waals surface area contributed by atoms with Crippen molar-refractivity contribution in [3.63, 3.8) is 0 Å².